The number of aryl methyl sites for hydroxylation is 1. The topological polar surface area (TPSA) is 45.9 Å². The van der Waals surface area contributed by atoms with Gasteiger partial charge in [0.15, 0.2) is 0 Å². The van der Waals surface area contributed by atoms with E-state index in [1.807, 2.05) is 48.7 Å². The molecule has 3 aromatic rings. The second kappa shape index (κ2) is 6.00. The van der Waals surface area contributed by atoms with E-state index in [1.165, 1.54) is 11.3 Å². The highest BCUT2D eigenvalue weighted by molar-refractivity contribution is 7.11. The molecule has 1 heterocycles. The van der Waals surface area contributed by atoms with Gasteiger partial charge in [0.2, 0.25) is 0 Å². The number of ether oxygens (including phenoxy) is 1. The Labute approximate surface area is 133 Å². The summed E-state index contributed by atoms with van der Waals surface area (Å²) in [5.74, 6) is 0.840. The van der Waals surface area contributed by atoms with Crippen LogP contribution in [0.1, 0.15) is 16.3 Å². The summed E-state index contributed by atoms with van der Waals surface area (Å²) in [5.41, 5.74) is 2.51. The molecule has 0 aliphatic heterocycles. The number of nitriles is 1. The number of rotatable bonds is 3. The average molecular weight is 306 g/mol. The van der Waals surface area contributed by atoms with Crippen molar-refractivity contribution < 1.29 is 4.74 Å². The molecule has 0 aliphatic rings. The van der Waals surface area contributed by atoms with Crippen LogP contribution >= 0.6 is 11.3 Å². The summed E-state index contributed by atoms with van der Waals surface area (Å²) in [5, 5.41) is 14.3. The molecule has 0 amide bonds. The summed E-state index contributed by atoms with van der Waals surface area (Å²) in [4.78, 5) is 4.37. The lowest BCUT2D eigenvalue weighted by atomic mass is 10.0. The summed E-state index contributed by atoms with van der Waals surface area (Å²) in [6, 6.07) is 14.3. The highest BCUT2D eigenvalue weighted by atomic mass is 32.1. The first-order valence-electron chi connectivity index (χ1n) is 6.82. The minimum atomic E-state index is 0.589. The number of fused-ring (bicyclic) bond motifs is 1. The molecule has 2 aromatic carbocycles. The number of allylic oxidation sites excluding steroid dienone is 1. The van der Waals surface area contributed by atoms with Crippen molar-refractivity contribution in [1.29, 1.82) is 5.26 Å². The quantitative estimate of drug-likeness (QED) is 0.660. The predicted molar refractivity (Wildman–Crippen MR) is 90.8 cm³/mol. The van der Waals surface area contributed by atoms with E-state index in [9.17, 15) is 5.26 Å². The van der Waals surface area contributed by atoms with Gasteiger partial charge < -0.3 is 4.74 Å². The van der Waals surface area contributed by atoms with Gasteiger partial charge in [0, 0.05) is 11.1 Å². The van der Waals surface area contributed by atoms with Crippen molar-refractivity contribution in [3.8, 4) is 11.8 Å². The van der Waals surface area contributed by atoms with Crippen molar-refractivity contribution in [2.75, 3.05) is 7.11 Å². The van der Waals surface area contributed by atoms with Gasteiger partial charge in [-0.3, -0.25) is 0 Å². The first-order valence-corrected chi connectivity index (χ1v) is 7.69. The van der Waals surface area contributed by atoms with Crippen LogP contribution in [0.4, 0.5) is 0 Å². The fraction of sp³-hybridized carbons (Fsp3) is 0.111. The van der Waals surface area contributed by atoms with E-state index < -0.39 is 0 Å². The van der Waals surface area contributed by atoms with Crippen LogP contribution in [0.5, 0.6) is 5.75 Å². The predicted octanol–water partition coefficient (Wildman–Crippen LogP) is 4.68. The number of methoxy groups -OCH3 is 1. The second-order valence-electron chi connectivity index (χ2n) is 4.94. The van der Waals surface area contributed by atoms with E-state index in [1.54, 1.807) is 7.11 Å². The van der Waals surface area contributed by atoms with Gasteiger partial charge in [0.1, 0.15) is 16.8 Å². The largest absolute Gasteiger partial charge is 0.497 e. The molecule has 0 saturated carbocycles. The third-order valence-corrected chi connectivity index (χ3v) is 4.35. The molecule has 0 atom stereocenters. The van der Waals surface area contributed by atoms with E-state index in [2.05, 4.69) is 17.1 Å². The molecule has 0 saturated heterocycles. The summed E-state index contributed by atoms with van der Waals surface area (Å²) in [6.07, 6.45) is 1.88. The molecule has 0 spiro atoms. The van der Waals surface area contributed by atoms with Gasteiger partial charge in [0.25, 0.3) is 0 Å². The van der Waals surface area contributed by atoms with Crippen molar-refractivity contribution in [3.05, 3.63) is 58.0 Å². The Kier molecular flexibility index (Phi) is 3.90. The molecule has 108 valence electrons. The van der Waals surface area contributed by atoms with E-state index in [4.69, 9.17) is 4.74 Å². The van der Waals surface area contributed by atoms with Crippen LogP contribution in [0.2, 0.25) is 0 Å². The van der Waals surface area contributed by atoms with Gasteiger partial charge in [-0.25, -0.2) is 4.98 Å². The molecule has 22 heavy (non-hydrogen) atoms. The number of nitrogens with zero attached hydrogens (tertiary/aromatic N) is 2. The molecule has 0 fully saturated rings. The van der Waals surface area contributed by atoms with Gasteiger partial charge in [-0.2, -0.15) is 5.26 Å². The fourth-order valence-electron chi connectivity index (χ4n) is 2.25. The van der Waals surface area contributed by atoms with Gasteiger partial charge in [0.05, 0.1) is 12.7 Å². The molecule has 3 nitrogen and oxygen atoms in total. The van der Waals surface area contributed by atoms with Crippen molar-refractivity contribution in [2.24, 2.45) is 0 Å². The van der Waals surface area contributed by atoms with Crippen LogP contribution in [0.3, 0.4) is 0 Å². The number of hydrogen-bond acceptors (Lipinski definition) is 4. The molecular formula is C18H14N2OS. The van der Waals surface area contributed by atoms with Crippen LogP contribution in [0, 0.1) is 18.3 Å². The molecule has 0 radical (unpaired) electrons. The molecule has 0 aliphatic carbocycles. The minimum absolute atomic E-state index is 0.589. The summed E-state index contributed by atoms with van der Waals surface area (Å²) in [6.45, 7) is 1.93. The lowest BCUT2D eigenvalue weighted by Crippen LogP contribution is -1.84. The third kappa shape index (κ3) is 2.85. The van der Waals surface area contributed by atoms with Crippen LogP contribution in [-0.4, -0.2) is 12.1 Å². The number of aromatic nitrogens is 1. The Balaban J connectivity index is 2.02. The van der Waals surface area contributed by atoms with Crippen LogP contribution in [-0.2, 0) is 0 Å². The minimum Gasteiger partial charge on any atom is -0.497 e. The normalized spacial score (nSPS) is 11.4. The Bertz CT molecular complexity index is 903. The van der Waals surface area contributed by atoms with Crippen molar-refractivity contribution in [3.63, 3.8) is 0 Å². The average Bonchev–Trinajstić information content (AvgIpc) is 2.98. The first-order chi connectivity index (χ1) is 10.7. The monoisotopic (exact) mass is 306 g/mol. The third-order valence-electron chi connectivity index (χ3n) is 3.35. The zero-order valence-corrected chi connectivity index (χ0v) is 13.1. The van der Waals surface area contributed by atoms with Gasteiger partial charge in [-0.1, -0.05) is 18.2 Å². The van der Waals surface area contributed by atoms with Crippen LogP contribution in [0.25, 0.3) is 22.4 Å². The Morgan fingerprint density at radius 2 is 2.00 bits per heavy atom. The molecule has 0 N–H and O–H groups in total. The zero-order valence-electron chi connectivity index (χ0n) is 12.3. The highest BCUT2D eigenvalue weighted by Crippen LogP contribution is 2.25. The maximum Gasteiger partial charge on any atom is 0.134 e. The Morgan fingerprint density at radius 1 is 1.23 bits per heavy atom. The fourth-order valence-corrected chi connectivity index (χ4v) is 3.01. The van der Waals surface area contributed by atoms with Crippen molar-refractivity contribution in [2.45, 2.75) is 6.92 Å². The first kappa shape index (κ1) is 14.3. The molecule has 3 rings (SSSR count). The second-order valence-corrected chi connectivity index (χ2v) is 5.79. The van der Waals surface area contributed by atoms with Crippen molar-refractivity contribution in [1.82, 2.24) is 4.98 Å². The summed E-state index contributed by atoms with van der Waals surface area (Å²) in [7, 11) is 1.66. The summed E-state index contributed by atoms with van der Waals surface area (Å²) < 4.78 is 5.23. The van der Waals surface area contributed by atoms with E-state index in [0.717, 1.165) is 32.8 Å². The maximum atomic E-state index is 9.36. The molecule has 0 bridgehead atoms. The van der Waals surface area contributed by atoms with E-state index in [-0.39, 0.29) is 0 Å². The summed E-state index contributed by atoms with van der Waals surface area (Å²) >= 11 is 1.49. The Morgan fingerprint density at radius 3 is 2.68 bits per heavy atom. The van der Waals surface area contributed by atoms with E-state index in [0.29, 0.717) is 5.57 Å². The van der Waals surface area contributed by atoms with Gasteiger partial charge >= 0.3 is 0 Å². The van der Waals surface area contributed by atoms with Gasteiger partial charge in [-0.05, 0) is 47.5 Å². The lowest BCUT2D eigenvalue weighted by molar-refractivity contribution is 0.415. The van der Waals surface area contributed by atoms with E-state index >= 15 is 0 Å². The zero-order chi connectivity index (χ0) is 15.5. The van der Waals surface area contributed by atoms with Gasteiger partial charge in [-0.15, -0.1) is 11.3 Å². The Hall–Kier alpha value is -2.64. The van der Waals surface area contributed by atoms with Crippen LogP contribution < -0.4 is 4.74 Å². The van der Waals surface area contributed by atoms with Crippen molar-refractivity contribution >= 4 is 33.8 Å². The smallest absolute Gasteiger partial charge is 0.134 e. The van der Waals surface area contributed by atoms with Crippen LogP contribution in [0.15, 0.2) is 41.8 Å². The molecule has 1 aromatic heterocycles. The number of benzene rings is 2. The SMILES string of the molecule is COc1ccc2cc(/C=C(\C#N)c3nc(C)cs3)ccc2c1. The molecular weight excluding hydrogens is 292 g/mol. The molecule has 4 heteroatoms. The lowest BCUT2D eigenvalue weighted by Gasteiger charge is -2.04. The maximum absolute atomic E-state index is 9.36. The number of hydrogen-bond donors (Lipinski definition) is 0. The molecule has 0 unspecified atom stereocenters. The highest BCUT2D eigenvalue weighted by Gasteiger charge is 2.06. The standard InChI is InChI=1S/C18H14N2OS/c1-12-11-22-18(20-12)16(10-19)8-13-3-4-15-9-17(21-2)6-5-14(15)7-13/h3-9,11H,1-2H3/b16-8+. The number of thiazole rings is 1.